The minimum absolute atomic E-state index is 0.0304. The molecule has 1 saturated heterocycles. The van der Waals surface area contributed by atoms with E-state index < -0.39 is 4.92 Å². The molecule has 1 unspecified atom stereocenters. The fraction of sp³-hybridized carbons (Fsp3) is 0.538. The van der Waals surface area contributed by atoms with Crippen LogP contribution in [-0.2, 0) is 6.54 Å². The van der Waals surface area contributed by atoms with Crippen LogP contribution in [0.2, 0.25) is 5.02 Å². The summed E-state index contributed by atoms with van der Waals surface area (Å²) < 4.78 is 0. The number of rotatable bonds is 4. The van der Waals surface area contributed by atoms with Gasteiger partial charge in [0, 0.05) is 25.2 Å². The molecule has 104 valence electrons. The van der Waals surface area contributed by atoms with E-state index in [0.717, 1.165) is 25.2 Å². The van der Waals surface area contributed by atoms with E-state index in [2.05, 4.69) is 10.2 Å². The molecule has 0 aromatic heterocycles. The molecule has 1 heterocycles. The predicted molar refractivity (Wildman–Crippen MR) is 75.5 cm³/mol. The van der Waals surface area contributed by atoms with Gasteiger partial charge in [-0.25, -0.2) is 0 Å². The van der Waals surface area contributed by atoms with E-state index in [1.54, 1.807) is 12.1 Å². The van der Waals surface area contributed by atoms with Gasteiger partial charge in [0.25, 0.3) is 5.69 Å². The zero-order valence-electron chi connectivity index (χ0n) is 10.9. The second-order valence-corrected chi connectivity index (χ2v) is 5.31. The van der Waals surface area contributed by atoms with Gasteiger partial charge in [-0.1, -0.05) is 17.7 Å². The van der Waals surface area contributed by atoms with Gasteiger partial charge in [-0.05, 0) is 38.1 Å². The molecule has 1 aromatic rings. The van der Waals surface area contributed by atoms with E-state index in [0.29, 0.717) is 6.04 Å². The molecule has 0 saturated carbocycles. The summed E-state index contributed by atoms with van der Waals surface area (Å²) >= 11 is 5.93. The maximum absolute atomic E-state index is 10.7. The first kappa shape index (κ1) is 14.2. The lowest BCUT2D eigenvalue weighted by Gasteiger charge is -2.32. The maximum Gasteiger partial charge on any atom is 0.287 e. The van der Waals surface area contributed by atoms with Crippen LogP contribution < -0.4 is 5.32 Å². The Morgan fingerprint density at radius 1 is 1.58 bits per heavy atom. The number of nitrogens with zero attached hydrogens (tertiary/aromatic N) is 2. The molecule has 1 aliphatic heterocycles. The van der Waals surface area contributed by atoms with Crippen LogP contribution in [0.5, 0.6) is 0 Å². The molecule has 0 radical (unpaired) electrons. The van der Waals surface area contributed by atoms with Crippen LogP contribution in [0.4, 0.5) is 5.69 Å². The standard InChI is InChI=1S/C13H18ClN3O2/c1-15-11-3-2-6-16(9-11)8-10-4-5-13(17(18)19)12(14)7-10/h4-5,7,11,15H,2-3,6,8-9H2,1H3. The Morgan fingerprint density at radius 3 is 3.00 bits per heavy atom. The van der Waals surface area contributed by atoms with Gasteiger partial charge in [-0.3, -0.25) is 15.0 Å². The van der Waals surface area contributed by atoms with E-state index in [4.69, 9.17) is 11.6 Å². The zero-order valence-corrected chi connectivity index (χ0v) is 11.7. The first-order chi connectivity index (χ1) is 9.10. The number of hydrogen-bond acceptors (Lipinski definition) is 4. The minimum atomic E-state index is -0.454. The molecular formula is C13H18ClN3O2. The summed E-state index contributed by atoms with van der Waals surface area (Å²) in [5, 5.41) is 14.2. The molecule has 0 spiro atoms. The van der Waals surface area contributed by atoms with Crippen molar-refractivity contribution in [2.75, 3.05) is 20.1 Å². The van der Waals surface area contributed by atoms with E-state index in [1.165, 1.54) is 18.9 Å². The molecule has 0 aliphatic carbocycles. The number of likely N-dealkylation sites (tertiary alicyclic amines) is 1. The second kappa shape index (κ2) is 6.32. The number of nitro benzene ring substituents is 1. The molecule has 1 N–H and O–H groups in total. The van der Waals surface area contributed by atoms with Crippen LogP contribution in [0.15, 0.2) is 18.2 Å². The highest BCUT2D eigenvalue weighted by atomic mass is 35.5. The maximum atomic E-state index is 10.7. The van der Waals surface area contributed by atoms with Crippen LogP contribution in [0, 0.1) is 10.1 Å². The molecule has 19 heavy (non-hydrogen) atoms. The summed E-state index contributed by atoms with van der Waals surface area (Å²) in [6.07, 6.45) is 2.38. The van der Waals surface area contributed by atoms with Crippen molar-refractivity contribution in [3.8, 4) is 0 Å². The predicted octanol–water partition coefficient (Wildman–Crippen LogP) is 2.43. The van der Waals surface area contributed by atoms with Gasteiger partial charge in [0.2, 0.25) is 0 Å². The average molecular weight is 284 g/mol. The molecule has 6 heteroatoms. The van der Waals surface area contributed by atoms with Crippen molar-refractivity contribution in [1.29, 1.82) is 0 Å². The SMILES string of the molecule is CNC1CCCN(Cc2ccc([N+](=O)[O-])c(Cl)c2)C1. The highest BCUT2D eigenvalue weighted by Gasteiger charge is 2.19. The van der Waals surface area contributed by atoms with Crippen molar-refractivity contribution in [1.82, 2.24) is 10.2 Å². The highest BCUT2D eigenvalue weighted by molar-refractivity contribution is 6.32. The van der Waals surface area contributed by atoms with E-state index in [9.17, 15) is 10.1 Å². The smallest absolute Gasteiger partial charge is 0.287 e. The molecule has 1 atom stereocenters. The Labute approximate surface area is 117 Å². The minimum Gasteiger partial charge on any atom is -0.316 e. The molecule has 1 aliphatic rings. The van der Waals surface area contributed by atoms with Crippen molar-refractivity contribution in [2.45, 2.75) is 25.4 Å². The summed E-state index contributed by atoms with van der Waals surface area (Å²) in [6, 6.07) is 5.50. The number of halogens is 1. The Hall–Kier alpha value is -1.17. The summed E-state index contributed by atoms with van der Waals surface area (Å²) in [4.78, 5) is 12.6. The summed E-state index contributed by atoms with van der Waals surface area (Å²) in [5.74, 6) is 0. The molecule has 5 nitrogen and oxygen atoms in total. The fourth-order valence-corrected chi connectivity index (χ4v) is 2.76. The van der Waals surface area contributed by atoms with Gasteiger partial charge in [-0.2, -0.15) is 0 Å². The monoisotopic (exact) mass is 283 g/mol. The average Bonchev–Trinajstić information content (AvgIpc) is 2.38. The number of likely N-dealkylation sites (N-methyl/N-ethyl adjacent to an activating group) is 1. The third kappa shape index (κ3) is 3.65. The van der Waals surface area contributed by atoms with Gasteiger partial charge in [-0.15, -0.1) is 0 Å². The topological polar surface area (TPSA) is 58.4 Å². The first-order valence-electron chi connectivity index (χ1n) is 6.42. The Balaban J connectivity index is 2.03. The highest BCUT2D eigenvalue weighted by Crippen LogP contribution is 2.26. The number of benzene rings is 1. The summed E-state index contributed by atoms with van der Waals surface area (Å²) in [5.41, 5.74) is 0.990. The molecular weight excluding hydrogens is 266 g/mol. The second-order valence-electron chi connectivity index (χ2n) is 4.91. The first-order valence-corrected chi connectivity index (χ1v) is 6.80. The van der Waals surface area contributed by atoms with E-state index in [1.807, 2.05) is 7.05 Å². The number of hydrogen-bond donors (Lipinski definition) is 1. The van der Waals surface area contributed by atoms with Crippen molar-refractivity contribution in [3.05, 3.63) is 38.9 Å². The molecule has 1 fully saturated rings. The Kier molecular flexibility index (Phi) is 4.74. The van der Waals surface area contributed by atoms with Gasteiger partial charge in [0.15, 0.2) is 0 Å². The number of nitrogens with one attached hydrogen (secondary N) is 1. The van der Waals surface area contributed by atoms with Crippen LogP contribution in [-0.4, -0.2) is 36.0 Å². The summed E-state index contributed by atoms with van der Waals surface area (Å²) in [7, 11) is 1.98. The van der Waals surface area contributed by atoms with Gasteiger partial charge >= 0.3 is 0 Å². The van der Waals surface area contributed by atoms with Crippen LogP contribution in [0.1, 0.15) is 18.4 Å². The third-order valence-corrected chi connectivity index (χ3v) is 3.83. The van der Waals surface area contributed by atoms with Crippen LogP contribution in [0.25, 0.3) is 0 Å². The van der Waals surface area contributed by atoms with E-state index in [-0.39, 0.29) is 10.7 Å². The lowest BCUT2D eigenvalue weighted by atomic mass is 10.0. The lowest BCUT2D eigenvalue weighted by Crippen LogP contribution is -2.43. The quantitative estimate of drug-likeness (QED) is 0.681. The Morgan fingerprint density at radius 2 is 2.37 bits per heavy atom. The van der Waals surface area contributed by atoms with Gasteiger partial charge in [0.1, 0.15) is 5.02 Å². The van der Waals surface area contributed by atoms with Crippen molar-refractivity contribution < 1.29 is 4.92 Å². The number of piperidine rings is 1. The fourth-order valence-electron chi connectivity index (χ4n) is 2.49. The van der Waals surface area contributed by atoms with Gasteiger partial charge < -0.3 is 5.32 Å². The largest absolute Gasteiger partial charge is 0.316 e. The molecule has 0 bridgehead atoms. The number of nitro groups is 1. The van der Waals surface area contributed by atoms with Crippen molar-refractivity contribution >= 4 is 17.3 Å². The normalized spacial score (nSPS) is 20.4. The van der Waals surface area contributed by atoms with E-state index >= 15 is 0 Å². The van der Waals surface area contributed by atoms with Crippen molar-refractivity contribution in [2.24, 2.45) is 0 Å². The Bertz CT molecular complexity index is 467. The van der Waals surface area contributed by atoms with Crippen LogP contribution >= 0.6 is 11.6 Å². The third-order valence-electron chi connectivity index (χ3n) is 3.53. The lowest BCUT2D eigenvalue weighted by molar-refractivity contribution is -0.384. The molecule has 0 amide bonds. The van der Waals surface area contributed by atoms with Crippen LogP contribution in [0.3, 0.4) is 0 Å². The van der Waals surface area contributed by atoms with Gasteiger partial charge in [0.05, 0.1) is 4.92 Å². The molecule has 1 aromatic carbocycles. The zero-order chi connectivity index (χ0) is 13.8. The van der Waals surface area contributed by atoms with Crippen molar-refractivity contribution in [3.63, 3.8) is 0 Å². The molecule has 2 rings (SSSR count). The summed E-state index contributed by atoms with van der Waals surface area (Å²) in [6.45, 7) is 2.85.